The molecule has 2 rings (SSSR count). The number of nitrogens with one attached hydrogen (secondary N) is 2. The number of anilines is 2. The fourth-order valence-corrected chi connectivity index (χ4v) is 2.25. The van der Waals surface area contributed by atoms with Gasteiger partial charge >= 0.3 is 0 Å². The van der Waals surface area contributed by atoms with Gasteiger partial charge in [-0.15, -0.1) is 0 Å². The highest BCUT2D eigenvalue weighted by molar-refractivity contribution is 6.03. The van der Waals surface area contributed by atoms with E-state index in [1.54, 1.807) is 32.0 Å². The van der Waals surface area contributed by atoms with Crippen molar-refractivity contribution in [2.24, 2.45) is 5.92 Å². The van der Waals surface area contributed by atoms with Crippen LogP contribution in [0.5, 0.6) is 5.75 Å². The lowest BCUT2D eigenvalue weighted by atomic mass is 10.1. The Balaban J connectivity index is 2.08. The van der Waals surface area contributed by atoms with Gasteiger partial charge in [0.25, 0.3) is 0 Å². The molecule has 2 aromatic rings. The maximum absolute atomic E-state index is 13.7. The van der Waals surface area contributed by atoms with Gasteiger partial charge in [-0.1, -0.05) is 26.0 Å². The number of hydrogen-bond acceptors (Lipinski definition) is 3. The summed E-state index contributed by atoms with van der Waals surface area (Å²) in [7, 11) is 1.39. The average Bonchev–Trinajstić information content (AvgIpc) is 2.62. The Kier molecular flexibility index (Phi) is 6.71. The summed E-state index contributed by atoms with van der Waals surface area (Å²) in [6.07, 6.45) is 2.83. The zero-order valence-corrected chi connectivity index (χ0v) is 15.8. The second-order valence-corrected chi connectivity index (χ2v) is 6.39. The first-order valence-electron chi connectivity index (χ1n) is 8.54. The molecule has 0 heterocycles. The summed E-state index contributed by atoms with van der Waals surface area (Å²) < 4.78 is 18.5. The molecule has 2 aromatic carbocycles. The summed E-state index contributed by atoms with van der Waals surface area (Å²) in [6, 6.07) is 9.73. The number of amides is 2. The van der Waals surface area contributed by atoms with Crippen LogP contribution in [0, 0.1) is 18.7 Å². The molecule has 0 spiro atoms. The van der Waals surface area contributed by atoms with E-state index in [9.17, 15) is 14.0 Å². The standard InChI is InChI=1S/C21H23FN2O3/c1-13(2)21(26)23-16-8-5-14(3)18(12-16)24-20(25)10-7-15-6-9-19(27-4)17(22)11-15/h5-13H,1-4H3,(H,23,26)(H,24,25)/b10-7+. The molecule has 0 aliphatic carbocycles. The van der Waals surface area contributed by atoms with Gasteiger partial charge in [-0.25, -0.2) is 4.39 Å². The summed E-state index contributed by atoms with van der Waals surface area (Å²) in [6.45, 7) is 5.46. The van der Waals surface area contributed by atoms with Crippen LogP contribution in [0.3, 0.4) is 0 Å². The lowest BCUT2D eigenvalue weighted by molar-refractivity contribution is -0.119. The maximum atomic E-state index is 13.7. The molecule has 27 heavy (non-hydrogen) atoms. The van der Waals surface area contributed by atoms with Crippen molar-refractivity contribution in [2.75, 3.05) is 17.7 Å². The molecule has 0 aliphatic rings. The third-order valence-electron chi connectivity index (χ3n) is 3.89. The molecule has 2 amide bonds. The number of benzene rings is 2. The number of aryl methyl sites for hydroxylation is 1. The number of halogens is 1. The lowest BCUT2D eigenvalue weighted by Crippen LogP contribution is -2.18. The SMILES string of the molecule is COc1ccc(/C=C/C(=O)Nc2cc(NC(=O)C(C)C)ccc2C)cc1F. The van der Waals surface area contributed by atoms with Crippen molar-refractivity contribution in [3.05, 3.63) is 59.4 Å². The minimum atomic E-state index is -0.496. The van der Waals surface area contributed by atoms with Gasteiger partial charge < -0.3 is 15.4 Å². The topological polar surface area (TPSA) is 67.4 Å². The van der Waals surface area contributed by atoms with Gasteiger partial charge in [0.15, 0.2) is 11.6 Å². The molecule has 0 fully saturated rings. The smallest absolute Gasteiger partial charge is 0.248 e. The predicted octanol–water partition coefficient (Wildman–Crippen LogP) is 4.39. The molecule has 0 atom stereocenters. The number of carbonyl (C=O) groups is 2. The second kappa shape index (κ2) is 8.98. The number of ether oxygens (including phenoxy) is 1. The van der Waals surface area contributed by atoms with Crippen LogP contribution >= 0.6 is 0 Å². The van der Waals surface area contributed by atoms with Crippen molar-refractivity contribution in [1.29, 1.82) is 0 Å². The Morgan fingerprint density at radius 3 is 2.48 bits per heavy atom. The van der Waals surface area contributed by atoms with Crippen molar-refractivity contribution in [1.82, 2.24) is 0 Å². The molecule has 5 nitrogen and oxygen atoms in total. The van der Waals surface area contributed by atoms with Crippen LogP contribution in [0.25, 0.3) is 6.08 Å². The summed E-state index contributed by atoms with van der Waals surface area (Å²) in [4.78, 5) is 24.0. The third-order valence-corrected chi connectivity index (χ3v) is 3.89. The summed E-state index contributed by atoms with van der Waals surface area (Å²) in [5.74, 6) is -0.951. The van der Waals surface area contributed by atoms with E-state index >= 15 is 0 Å². The molecule has 0 saturated carbocycles. The van der Waals surface area contributed by atoms with Crippen LogP contribution < -0.4 is 15.4 Å². The number of carbonyl (C=O) groups excluding carboxylic acids is 2. The molecular formula is C21H23FN2O3. The molecule has 0 radical (unpaired) electrons. The molecular weight excluding hydrogens is 347 g/mol. The van der Waals surface area contributed by atoms with Crippen LogP contribution in [0.2, 0.25) is 0 Å². The number of rotatable bonds is 6. The van der Waals surface area contributed by atoms with Crippen molar-refractivity contribution < 1.29 is 18.7 Å². The van der Waals surface area contributed by atoms with E-state index < -0.39 is 5.82 Å². The molecule has 142 valence electrons. The van der Waals surface area contributed by atoms with E-state index in [1.165, 1.54) is 31.4 Å². The number of hydrogen-bond donors (Lipinski definition) is 2. The molecule has 0 aromatic heterocycles. The van der Waals surface area contributed by atoms with Gasteiger partial charge in [-0.2, -0.15) is 0 Å². The fourth-order valence-electron chi connectivity index (χ4n) is 2.25. The summed E-state index contributed by atoms with van der Waals surface area (Å²) in [5.41, 5.74) is 2.59. The van der Waals surface area contributed by atoms with Crippen molar-refractivity contribution in [3.63, 3.8) is 0 Å². The maximum Gasteiger partial charge on any atom is 0.248 e. The molecule has 0 unspecified atom stereocenters. The number of methoxy groups -OCH3 is 1. The first-order valence-corrected chi connectivity index (χ1v) is 8.54. The quantitative estimate of drug-likeness (QED) is 0.741. The van der Waals surface area contributed by atoms with Crippen LogP contribution in [0.4, 0.5) is 15.8 Å². The normalized spacial score (nSPS) is 10.9. The monoisotopic (exact) mass is 370 g/mol. The minimum Gasteiger partial charge on any atom is -0.494 e. The Bertz CT molecular complexity index is 876. The van der Waals surface area contributed by atoms with Crippen LogP contribution in [0.15, 0.2) is 42.5 Å². The van der Waals surface area contributed by atoms with Crippen molar-refractivity contribution >= 4 is 29.3 Å². The summed E-state index contributed by atoms with van der Waals surface area (Å²) >= 11 is 0. The lowest BCUT2D eigenvalue weighted by Gasteiger charge is -2.12. The largest absolute Gasteiger partial charge is 0.494 e. The van der Waals surface area contributed by atoms with E-state index in [0.29, 0.717) is 16.9 Å². The van der Waals surface area contributed by atoms with E-state index in [0.717, 1.165) is 5.56 Å². The van der Waals surface area contributed by atoms with E-state index in [2.05, 4.69) is 10.6 Å². The molecule has 6 heteroatoms. The molecule has 0 saturated heterocycles. The van der Waals surface area contributed by atoms with Gasteiger partial charge in [-0.05, 0) is 48.4 Å². The average molecular weight is 370 g/mol. The highest BCUT2D eigenvalue weighted by Crippen LogP contribution is 2.21. The summed E-state index contributed by atoms with van der Waals surface area (Å²) in [5, 5.41) is 5.56. The highest BCUT2D eigenvalue weighted by Gasteiger charge is 2.09. The molecule has 0 aliphatic heterocycles. The first kappa shape index (κ1) is 20.2. The van der Waals surface area contributed by atoms with Gasteiger partial charge in [0.2, 0.25) is 11.8 Å². The van der Waals surface area contributed by atoms with Crippen molar-refractivity contribution in [3.8, 4) is 5.75 Å². The minimum absolute atomic E-state index is 0.0995. The zero-order valence-electron chi connectivity index (χ0n) is 15.8. The fraction of sp³-hybridized carbons (Fsp3) is 0.238. The van der Waals surface area contributed by atoms with E-state index in [-0.39, 0.29) is 23.5 Å². The van der Waals surface area contributed by atoms with Crippen LogP contribution in [-0.4, -0.2) is 18.9 Å². The first-order chi connectivity index (χ1) is 12.8. The molecule has 0 bridgehead atoms. The van der Waals surface area contributed by atoms with Crippen LogP contribution in [-0.2, 0) is 9.59 Å². The predicted molar refractivity (Wildman–Crippen MR) is 105 cm³/mol. The van der Waals surface area contributed by atoms with Gasteiger partial charge in [-0.3, -0.25) is 9.59 Å². The zero-order chi connectivity index (χ0) is 20.0. The Hall–Kier alpha value is -3.15. The van der Waals surface area contributed by atoms with Gasteiger partial charge in [0.05, 0.1) is 7.11 Å². The molecule has 2 N–H and O–H groups in total. The van der Waals surface area contributed by atoms with E-state index in [4.69, 9.17) is 4.74 Å². The Morgan fingerprint density at radius 2 is 1.85 bits per heavy atom. The Morgan fingerprint density at radius 1 is 1.11 bits per heavy atom. The van der Waals surface area contributed by atoms with Crippen molar-refractivity contribution in [2.45, 2.75) is 20.8 Å². The van der Waals surface area contributed by atoms with Gasteiger partial charge in [0.1, 0.15) is 0 Å². The van der Waals surface area contributed by atoms with Crippen LogP contribution in [0.1, 0.15) is 25.0 Å². The third kappa shape index (κ3) is 5.67. The van der Waals surface area contributed by atoms with Gasteiger partial charge in [0, 0.05) is 23.4 Å². The second-order valence-electron chi connectivity index (χ2n) is 6.39. The van der Waals surface area contributed by atoms with E-state index in [1.807, 2.05) is 13.0 Å². The highest BCUT2D eigenvalue weighted by atomic mass is 19.1. The Labute approximate surface area is 158 Å².